The predicted octanol–water partition coefficient (Wildman–Crippen LogP) is 2.28. The Kier molecular flexibility index (Phi) is 2.47. The van der Waals surface area contributed by atoms with E-state index in [0.29, 0.717) is 4.47 Å². The predicted molar refractivity (Wildman–Crippen MR) is 50.7 cm³/mol. The van der Waals surface area contributed by atoms with E-state index in [9.17, 15) is 13.6 Å². The minimum absolute atomic E-state index is 0.0670. The van der Waals surface area contributed by atoms with Gasteiger partial charge < -0.3 is 4.42 Å². The van der Waals surface area contributed by atoms with Crippen molar-refractivity contribution in [2.45, 2.75) is 6.43 Å². The average Bonchev–Trinajstić information content (AvgIpc) is 2.16. The molecule has 0 fully saturated rings. The topological polar surface area (TPSA) is 56.0 Å². The van der Waals surface area contributed by atoms with Crippen LogP contribution in [-0.4, -0.2) is 9.97 Å². The monoisotopic (exact) mass is 276 g/mol. The fraction of sp³-hybridized carbons (Fsp3) is 0.125. The first-order valence-electron chi connectivity index (χ1n) is 3.82. The van der Waals surface area contributed by atoms with Gasteiger partial charge in [0.2, 0.25) is 0 Å². The Hall–Kier alpha value is -1.37. The zero-order chi connectivity index (χ0) is 11.0. The third-order valence-corrected chi connectivity index (χ3v) is 2.08. The summed E-state index contributed by atoms with van der Waals surface area (Å²) < 4.78 is 29.3. The van der Waals surface area contributed by atoms with Gasteiger partial charge in [-0.25, -0.2) is 14.8 Å². The minimum atomic E-state index is -2.92. The quantitative estimate of drug-likeness (QED) is 0.802. The highest BCUT2D eigenvalue weighted by Gasteiger charge is 2.15. The summed E-state index contributed by atoms with van der Waals surface area (Å²) in [5.74, 6) is -0.896. The SMILES string of the molecule is O=c1oc(C(F)F)nc2cc(Br)cnc12. The largest absolute Gasteiger partial charge is 0.400 e. The van der Waals surface area contributed by atoms with E-state index in [1.54, 1.807) is 0 Å². The summed E-state index contributed by atoms with van der Waals surface area (Å²) in [6.45, 7) is 0. The number of hydrogen-bond acceptors (Lipinski definition) is 4. The molecule has 0 saturated heterocycles. The van der Waals surface area contributed by atoms with Crippen molar-refractivity contribution in [3.05, 3.63) is 33.0 Å². The lowest BCUT2D eigenvalue weighted by atomic mass is 10.4. The van der Waals surface area contributed by atoms with E-state index in [2.05, 4.69) is 30.3 Å². The highest BCUT2D eigenvalue weighted by Crippen LogP contribution is 2.18. The molecule has 0 bridgehead atoms. The number of nitrogens with zero attached hydrogens (tertiary/aromatic N) is 2. The zero-order valence-corrected chi connectivity index (χ0v) is 8.66. The van der Waals surface area contributed by atoms with Gasteiger partial charge in [-0.1, -0.05) is 0 Å². The van der Waals surface area contributed by atoms with E-state index >= 15 is 0 Å². The normalized spacial score (nSPS) is 11.2. The van der Waals surface area contributed by atoms with Gasteiger partial charge >= 0.3 is 12.1 Å². The number of aromatic nitrogens is 2. The third-order valence-electron chi connectivity index (χ3n) is 1.64. The van der Waals surface area contributed by atoms with Crippen molar-refractivity contribution in [2.75, 3.05) is 0 Å². The highest BCUT2D eigenvalue weighted by molar-refractivity contribution is 9.10. The standard InChI is InChI=1S/C8H3BrF2N2O2/c9-3-1-4-5(12-2-3)8(14)15-7(13-4)6(10)11/h1-2,6H. The van der Waals surface area contributed by atoms with Crippen LogP contribution in [-0.2, 0) is 0 Å². The third kappa shape index (κ3) is 1.87. The summed E-state index contributed by atoms with van der Waals surface area (Å²) in [5, 5.41) is 0. The van der Waals surface area contributed by atoms with E-state index in [1.807, 2.05) is 0 Å². The van der Waals surface area contributed by atoms with Crippen molar-refractivity contribution in [1.29, 1.82) is 0 Å². The molecule has 0 aliphatic heterocycles. The van der Waals surface area contributed by atoms with E-state index in [0.717, 1.165) is 0 Å². The molecule has 4 nitrogen and oxygen atoms in total. The summed E-state index contributed by atoms with van der Waals surface area (Å²) in [6.07, 6.45) is -1.55. The maximum Gasteiger partial charge on any atom is 0.365 e. The second kappa shape index (κ2) is 3.65. The second-order valence-corrected chi connectivity index (χ2v) is 3.58. The van der Waals surface area contributed by atoms with E-state index in [4.69, 9.17) is 0 Å². The summed E-state index contributed by atoms with van der Waals surface area (Å²) in [7, 11) is 0. The smallest absolute Gasteiger partial charge is 0.365 e. The molecule has 0 amide bonds. The van der Waals surface area contributed by atoms with Crippen molar-refractivity contribution in [2.24, 2.45) is 0 Å². The van der Waals surface area contributed by atoms with Gasteiger partial charge in [-0.15, -0.1) is 0 Å². The van der Waals surface area contributed by atoms with Gasteiger partial charge in [-0.05, 0) is 22.0 Å². The van der Waals surface area contributed by atoms with Crippen molar-refractivity contribution < 1.29 is 13.2 Å². The van der Waals surface area contributed by atoms with Crippen LogP contribution in [0.3, 0.4) is 0 Å². The van der Waals surface area contributed by atoms with Crippen LogP contribution in [0.25, 0.3) is 11.0 Å². The molecule has 0 aliphatic carbocycles. The molecule has 0 spiro atoms. The van der Waals surface area contributed by atoms with Crippen LogP contribution >= 0.6 is 15.9 Å². The summed E-state index contributed by atoms with van der Waals surface area (Å²) >= 11 is 3.10. The van der Waals surface area contributed by atoms with Crippen LogP contribution in [0.2, 0.25) is 0 Å². The fourth-order valence-electron chi connectivity index (χ4n) is 1.05. The molecular formula is C8H3BrF2N2O2. The second-order valence-electron chi connectivity index (χ2n) is 2.66. The number of alkyl halides is 2. The molecule has 15 heavy (non-hydrogen) atoms. The van der Waals surface area contributed by atoms with Crippen molar-refractivity contribution in [3.63, 3.8) is 0 Å². The van der Waals surface area contributed by atoms with Crippen molar-refractivity contribution in [1.82, 2.24) is 9.97 Å². The Morgan fingerprint density at radius 1 is 1.47 bits per heavy atom. The van der Waals surface area contributed by atoms with Crippen LogP contribution < -0.4 is 5.63 Å². The Labute approximate surface area is 90.1 Å². The van der Waals surface area contributed by atoms with Crippen molar-refractivity contribution >= 4 is 27.0 Å². The highest BCUT2D eigenvalue weighted by atomic mass is 79.9. The Morgan fingerprint density at radius 3 is 2.87 bits per heavy atom. The molecule has 0 radical (unpaired) electrons. The van der Waals surface area contributed by atoms with E-state index < -0.39 is 17.9 Å². The number of pyridine rings is 1. The van der Waals surface area contributed by atoms with Crippen LogP contribution in [0.15, 0.2) is 25.9 Å². The molecule has 0 aliphatic rings. The summed E-state index contributed by atoms with van der Waals surface area (Å²) in [5.41, 5.74) is -0.902. The van der Waals surface area contributed by atoms with Crippen LogP contribution in [0.1, 0.15) is 12.3 Å². The average molecular weight is 277 g/mol. The molecule has 0 aromatic carbocycles. The number of halogens is 3. The summed E-state index contributed by atoms with van der Waals surface area (Å²) in [6, 6.07) is 1.42. The fourth-order valence-corrected chi connectivity index (χ4v) is 1.37. The molecule has 78 valence electrons. The Morgan fingerprint density at radius 2 is 2.20 bits per heavy atom. The van der Waals surface area contributed by atoms with Gasteiger partial charge in [0, 0.05) is 10.7 Å². The molecule has 0 N–H and O–H groups in total. The Bertz CT molecular complexity index is 570. The lowest BCUT2D eigenvalue weighted by Crippen LogP contribution is -2.07. The number of hydrogen-bond donors (Lipinski definition) is 0. The first-order chi connectivity index (χ1) is 7.08. The maximum atomic E-state index is 12.2. The molecule has 0 unspecified atom stereocenters. The molecule has 2 heterocycles. The molecule has 7 heteroatoms. The van der Waals surface area contributed by atoms with Crippen LogP contribution in [0, 0.1) is 0 Å². The first kappa shape index (κ1) is 10.2. The van der Waals surface area contributed by atoms with Crippen molar-refractivity contribution in [3.8, 4) is 0 Å². The lowest BCUT2D eigenvalue weighted by molar-refractivity contribution is 0.110. The number of fused-ring (bicyclic) bond motifs is 1. The van der Waals surface area contributed by atoms with Gasteiger partial charge in [-0.2, -0.15) is 8.78 Å². The van der Waals surface area contributed by atoms with Crippen LogP contribution in [0.4, 0.5) is 8.78 Å². The molecule has 0 atom stereocenters. The lowest BCUT2D eigenvalue weighted by Gasteiger charge is -1.99. The van der Waals surface area contributed by atoms with Gasteiger partial charge in [0.15, 0.2) is 5.52 Å². The van der Waals surface area contributed by atoms with Gasteiger partial charge in [0.05, 0.1) is 0 Å². The Balaban J connectivity index is 2.80. The molecular weight excluding hydrogens is 274 g/mol. The number of rotatable bonds is 1. The van der Waals surface area contributed by atoms with Gasteiger partial charge in [0.1, 0.15) is 5.52 Å². The first-order valence-corrected chi connectivity index (χ1v) is 4.61. The summed E-state index contributed by atoms with van der Waals surface area (Å²) in [4.78, 5) is 18.4. The van der Waals surface area contributed by atoms with Gasteiger partial charge in [-0.3, -0.25) is 0 Å². The molecule has 0 saturated carbocycles. The minimum Gasteiger partial charge on any atom is -0.400 e. The maximum absolute atomic E-state index is 12.2. The molecule has 2 rings (SSSR count). The van der Waals surface area contributed by atoms with E-state index in [-0.39, 0.29) is 11.0 Å². The zero-order valence-electron chi connectivity index (χ0n) is 7.08. The van der Waals surface area contributed by atoms with E-state index in [1.165, 1.54) is 12.3 Å². The van der Waals surface area contributed by atoms with Gasteiger partial charge in [0.25, 0.3) is 5.89 Å². The molecule has 2 aromatic rings. The molecule has 2 aromatic heterocycles. The van der Waals surface area contributed by atoms with Crippen LogP contribution in [0.5, 0.6) is 0 Å².